The summed E-state index contributed by atoms with van der Waals surface area (Å²) in [5, 5.41) is 23.5. The first-order chi connectivity index (χ1) is 12.6. The van der Waals surface area contributed by atoms with Gasteiger partial charge in [0.1, 0.15) is 5.75 Å². The van der Waals surface area contributed by atoms with Crippen LogP contribution in [0.1, 0.15) is 17.2 Å². The summed E-state index contributed by atoms with van der Waals surface area (Å²) in [4.78, 5) is 0. The van der Waals surface area contributed by atoms with Crippen molar-refractivity contribution in [3.05, 3.63) is 88.9 Å². The molecule has 1 atom stereocenters. The van der Waals surface area contributed by atoms with Gasteiger partial charge >= 0.3 is 0 Å². The van der Waals surface area contributed by atoms with E-state index in [9.17, 15) is 10.2 Å². The molecule has 3 N–H and O–H groups in total. The number of benzene rings is 3. The predicted octanol–water partition coefficient (Wildman–Crippen LogP) is 4.58. The Kier molecular flexibility index (Phi) is 6.29. The molecule has 3 rings (SSSR count). The molecule has 0 fully saturated rings. The maximum Gasteiger partial charge on any atom is 0.115 e. The molecule has 0 aliphatic carbocycles. The topological polar surface area (TPSA) is 52.5 Å². The van der Waals surface area contributed by atoms with Gasteiger partial charge in [-0.05, 0) is 59.5 Å². The molecule has 0 aliphatic heterocycles. The summed E-state index contributed by atoms with van der Waals surface area (Å²) >= 11 is 5.95. The van der Waals surface area contributed by atoms with Crippen molar-refractivity contribution in [1.82, 2.24) is 5.32 Å². The molecule has 0 radical (unpaired) electrons. The number of phenols is 1. The highest BCUT2D eigenvalue weighted by Crippen LogP contribution is 2.22. The first-order valence-corrected chi connectivity index (χ1v) is 9.02. The van der Waals surface area contributed by atoms with Crippen LogP contribution in [0.15, 0.2) is 72.8 Å². The van der Waals surface area contributed by atoms with E-state index in [1.54, 1.807) is 24.3 Å². The summed E-state index contributed by atoms with van der Waals surface area (Å²) in [5.41, 5.74) is 4.26. The number of aliphatic hydroxyl groups excluding tert-OH is 1. The smallest absolute Gasteiger partial charge is 0.115 e. The molecule has 0 heterocycles. The van der Waals surface area contributed by atoms with Gasteiger partial charge in [0.25, 0.3) is 0 Å². The van der Waals surface area contributed by atoms with Crippen molar-refractivity contribution < 1.29 is 10.2 Å². The molecular weight excluding hydrogens is 346 g/mol. The summed E-state index contributed by atoms with van der Waals surface area (Å²) in [6.07, 6.45) is 0.323. The number of aromatic hydroxyl groups is 1. The molecule has 0 saturated heterocycles. The fraction of sp³-hybridized carbons (Fsp3) is 0.182. The normalized spacial score (nSPS) is 12.1. The fourth-order valence-corrected chi connectivity index (χ4v) is 3.02. The average Bonchev–Trinajstić information content (AvgIpc) is 2.66. The van der Waals surface area contributed by atoms with Crippen LogP contribution in [-0.4, -0.2) is 23.3 Å². The quantitative estimate of drug-likeness (QED) is 0.536. The number of halogens is 1. The van der Waals surface area contributed by atoms with Crippen LogP contribution in [0.2, 0.25) is 5.02 Å². The van der Waals surface area contributed by atoms with Crippen molar-refractivity contribution >= 4 is 11.6 Å². The van der Waals surface area contributed by atoms with Gasteiger partial charge in [-0.2, -0.15) is 0 Å². The second kappa shape index (κ2) is 8.86. The Morgan fingerprint density at radius 3 is 2.19 bits per heavy atom. The Bertz CT molecular complexity index is 832. The third-order valence-electron chi connectivity index (χ3n) is 4.32. The lowest BCUT2D eigenvalue weighted by Crippen LogP contribution is -2.23. The third-order valence-corrected chi connectivity index (χ3v) is 4.55. The lowest BCUT2D eigenvalue weighted by molar-refractivity contribution is 0.175. The van der Waals surface area contributed by atoms with Crippen molar-refractivity contribution in [1.29, 1.82) is 0 Å². The molecule has 3 aromatic rings. The maximum atomic E-state index is 10.2. The zero-order valence-corrected chi connectivity index (χ0v) is 15.2. The maximum absolute atomic E-state index is 10.2. The van der Waals surface area contributed by atoms with Crippen LogP contribution in [0.3, 0.4) is 0 Å². The summed E-state index contributed by atoms with van der Waals surface area (Å²) < 4.78 is 0. The molecule has 0 bridgehead atoms. The Hall–Kier alpha value is -2.33. The predicted molar refractivity (Wildman–Crippen MR) is 107 cm³/mol. The monoisotopic (exact) mass is 367 g/mol. The first kappa shape index (κ1) is 18.5. The van der Waals surface area contributed by atoms with Gasteiger partial charge in [-0.25, -0.2) is 0 Å². The van der Waals surface area contributed by atoms with Gasteiger partial charge in [0, 0.05) is 11.6 Å². The van der Waals surface area contributed by atoms with Crippen LogP contribution >= 0.6 is 11.6 Å². The molecule has 134 valence electrons. The molecule has 3 aromatic carbocycles. The SMILES string of the molecule is Oc1ccc(-c2ccc(CCNCC(O)c3cccc(Cl)c3)cc2)cc1. The minimum Gasteiger partial charge on any atom is -0.508 e. The zero-order chi connectivity index (χ0) is 18.4. The number of nitrogens with one attached hydrogen (secondary N) is 1. The minimum absolute atomic E-state index is 0.274. The van der Waals surface area contributed by atoms with Gasteiger partial charge in [-0.3, -0.25) is 0 Å². The Labute approximate surface area is 158 Å². The average molecular weight is 368 g/mol. The molecule has 0 amide bonds. The Balaban J connectivity index is 1.47. The largest absolute Gasteiger partial charge is 0.508 e. The van der Waals surface area contributed by atoms with E-state index < -0.39 is 6.10 Å². The van der Waals surface area contributed by atoms with Crippen LogP contribution in [0, 0.1) is 0 Å². The van der Waals surface area contributed by atoms with E-state index in [-0.39, 0.29) is 5.75 Å². The van der Waals surface area contributed by atoms with Crippen molar-refractivity contribution in [3.8, 4) is 16.9 Å². The third kappa shape index (κ3) is 5.09. The molecule has 3 nitrogen and oxygen atoms in total. The standard InChI is InChI=1S/C22H22ClNO2/c23-20-3-1-2-19(14-20)22(26)15-24-13-12-16-4-6-17(7-5-16)18-8-10-21(25)11-9-18/h1-11,14,22,24-26H,12-13,15H2. The summed E-state index contributed by atoms with van der Waals surface area (Å²) in [5.74, 6) is 0.274. The van der Waals surface area contributed by atoms with Gasteiger partial charge in [0.05, 0.1) is 6.10 Å². The Morgan fingerprint density at radius 1 is 0.885 bits per heavy atom. The number of phenolic OH excluding ortho intramolecular Hbond substituents is 1. The lowest BCUT2D eigenvalue weighted by atomic mass is 10.0. The van der Waals surface area contributed by atoms with Crippen LogP contribution in [0.25, 0.3) is 11.1 Å². The first-order valence-electron chi connectivity index (χ1n) is 8.64. The number of aliphatic hydroxyl groups is 1. The minimum atomic E-state index is -0.564. The van der Waals surface area contributed by atoms with Gasteiger partial charge < -0.3 is 15.5 Å². The van der Waals surface area contributed by atoms with E-state index in [1.165, 1.54) is 5.56 Å². The summed E-state index contributed by atoms with van der Waals surface area (Å²) in [6.45, 7) is 1.28. The van der Waals surface area contributed by atoms with E-state index in [0.29, 0.717) is 11.6 Å². The van der Waals surface area contributed by atoms with Crippen LogP contribution in [0.4, 0.5) is 0 Å². The highest BCUT2D eigenvalue weighted by Gasteiger charge is 2.07. The van der Waals surface area contributed by atoms with E-state index >= 15 is 0 Å². The molecular formula is C22H22ClNO2. The van der Waals surface area contributed by atoms with E-state index in [0.717, 1.165) is 29.7 Å². The molecule has 26 heavy (non-hydrogen) atoms. The second-order valence-electron chi connectivity index (χ2n) is 6.27. The molecule has 0 aliphatic rings. The Morgan fingerprint density at radius 2 is 1.54 bits per heavy atom. The van der Waals surface area contributed by atoms with Crippen molar-refractivity contribution in [3.63, 3.8) is 0 Å². The fourth-order valence-electron chi connectivity index (χ4n) is 2.82. The molecule has 0 spiro atoms. The van der Waals surface area contributed by atoms with Crippen LogP contribution in [-0.2, 0) is 6.42 Å². The van der Waals surface area contributed by atoms with Crippen molar-refractivity contribution in [2.24, 2.45) is 0 Å². The number of rotatable bonds is 7. The highest BCUT2D eigenvalue weighted by molar-refractivity contribution is 6.30. The molecule has 0 saturated carbocycles. The van der Waals surface area contributed by atoms with E-state index in [1.807, 2.05) is 24.3 Å². The van der Waals surface area contributed by atoms with Crippen molar-refractivity contribution in [2.75, 3.05) is 13.1 Å². The highest BCUT2D eigenvalue weighted by atomic mass is 35.5. The van der Waals surface area contributed by atoms with Crippen LogP contribution in [0.5, 0.6) is 5.75 Å². The molecule has 1 unspecified atom stereocenters. The van der Waals surface area contributed by atoms with Gasteiger partial charge in [-0.15, -0.1) is 0 Å². The summed E-state index contributed by atoms with van der Waals surface area (Å²) in [7, 11) is 0. The second-order valence-corrected chi connectivity index (χ2v) is 6.71. The molecule has 0 aromatic heterocycles. The van der Waals surface area contributed by atoms with Gasteiger partial charge in [0.15, 0.2) is 0 Å². The number of hydrogen-bond donors (Lipinski definition) is 3. The lowest BCUT2D eigenvalue weighted by Gasteiger charge is -2.12. The van der Waals surface area contributed by atoms with E-state index in [2.05, 4.69) is 29.6 Å². The van der Waals surface area contributed by atoms with Crippen molar-refractivity contribution in [2.45, 2.75) is 12.5 Å². The van der Waals surface area contributed by atoms with E-state index in [4.69, 9.17) is 11.6 Å². The van der Waals surface area contributed by atoms with Gasteiger partial charge in [-0.1, -0.05) is 60.1 Å². The zero-order valence-electron chi connectivity index (χ0n) is 14.4. The molecule has 4 heteroatoms. The summed E-state index contributed by atoms with van der Waals surface area (Å²) in [6, 6.07) is 22.9. The van der Waals surface area contributed by atoms with Crippen LogP contribution < -0.4 is 5.32 Å². The number of hydrogen-bond acceptors (Lipinski definition) is 3. The van der Waals surface area contributed by atoms with Gasteiger partial charge in [0.2, 0.25) is 0 Å².